The van der Waals surface area contributed by atoms with Crippen LogP contribution in [0.3, 0.4) is 0 Å². The Morgan fingerprint density at radius 2 is 2.21 bits per heavy atom. The van der Waals surface area contributed by atoms with Crippen LogP contribution in [0.5, 0.6) is 0 Å². The molecule has 4 nitrogen and oxygen atoms in total. The highest BCUT2D eigenvalue weighted by Crippen LogP contribution is 2.28. The predicted molar refractivity (Wildman–Crippen MR) is 57.4 cm³/mol. The predicted octanol–water partition coefficient (Wildman–Crippen LogP) is 2.21. The Bertz CT molecular complexity index is 519. The average molecular weight is 255 g/mol. The summed E-state index contributed by atoms with van der Waals surface area (Å²) in [5.41, 5.74) is 7.07. The molecule has 2 rings (SSSR count). The van der Waals surface area contributed by atoms with Gasteiger partial charge in [0.25, 0.3) is 0 Å². The zero-order valence-electron chi connectivity index (χ0n) is 7.04. The van der Waals surface area contributed by atoms with Crippen LogP contribution in [0.1, 0.15) is 10.4 Å². The fourth-order valence-electron chi connectivity index (χ4n) is 1.35. The molecule has 0 spiro atoms. The monoisotopic (exact) mass is 254 g/mol. The Morgan fingerprint density at radius 1 is 1.50 bits per heavy atom. The molecule has 1 aromatic heterocycles. The number of carbonyl (C=O) groups is 1. The zero-order chi connectivity index (χ0) is 10.3. The number of aromatic amines is 1. The summed E-state index contributed by atoms with van der Waals surface area (Å²) in [5.74, 6) is -0.980. The number of rotatable bonds is 1. The summed E-state index contributed by atoms with van der Waals surface area (Å²) in [6.45, 7) is 0. The molecule has 4 N–H and O–H groups in total. The van der Waals surface area contributed by atoms with E-state index in [0.717, 1.165) is 15.4 Å². The lowest BCUT2D eigenvalue weighted by Gasteiger charge is -1.99. The first-order chi connectivity index (χ1) is 6.59. The number of aromatic nitrogens is 1. The van der Waals surface area contributed by atoms with Crippen molar-refractivity contribution in [2.24, 2.45) is 0 Å². The molecule has 14 heavy (non-hydrogen) atoms. The SMILES string of the molecule is Nc1cc(C(=O)O)cc2c(Br)c[nH]c12. The minimum Gasteiger partial charge on any atom is -0.478 e. The second-order valence-corrected chi connectivity index (χ2v) is 3.78. The van der Waals surface area contributed by atoms with Gasteiger partial charge in [-0.25, -0.2) is 4.79 Å². The fraction of sp³-hybridized carbons (Fsp3) is 0. The standard InChI is InChI=1S/C9H7BrN2O2/c10-6-3-12-8-5(6)1-4(9(13)14)2-7(8)11/h1-3,12H,11H2,(H,13,14). The third-order valence-electron chi connectivity index (χ3n) is 2.02. The minimum absolute atomic E-state index is 0.190. The summed E-state index contributed by atoms with van der Waals surface area (Å²) in [6.07, 6.45) is 1.73. The van der Waals surface area contributed by atoms with Crippen LogP contribution in [0.15, 0.2) is 22.8 Å². The lowest BCUT2D eigenvalue weighted by atomic mass is 10.1. The number of nitrogens with one attached hydrogen (secondary N) is 1. The Labute approximate surface area is 87.9 Å². The first-order valence-corrected chi connectivity index (χ1v) is 4.68. The Morgan fingerprint density at radius 3 is 2.86 bits per heavy atom. The summed E-state index contributed by atoms with van der Waals surface area (Å²) >= 11 is 3.30. The van der Waals surface area contributed by atoms with Crippen LogP contribution in [-0.2, 0) is 0 Å². The summed E-state index contributed by atoms with van der Waals surface area (Å²) in [7, 11) is 0. The third-order valence-corrected chi connectivity index (χ3v) is 2.67. The van der Waals surface area contributed by atoms with Crippen molar-refractivity contribution in [1.29, 1.82) is 0 Å². The number of benzene rings is 1. The van der Waals surface area contributed by atoms with Crippen LogP contribution in [0.2, 0.25) is 0 Å². The van der Waals surface area contributed by atoms with Gasteiger partial charge in [0.05, 0.1) is 16.8 Å². The van der Waals surface area contributed by atoms with Crippen LogP contribution >= 0.6 is 15.9 Å². The number of hydrogen-bond donors (Lipinski definition) is 3. The van der Waals surface area contributed by atoms with Gasteiger partial charge in [0.2, 0.25) is 0 Å². The van der Waals surface area contributed by atoms with E-state index < -0.39 is 5.97 Å². The van der Waals surface area contributed by atoms with Crippen molar-refractivity contribution in [3.8, 4) is 0 Å². The zero-order valence-corrected chi connectivity index (χ0v) is 8.63. The number of aromatic carboxylic acids is 1. The molecule has 0 atom stereocenters. The lowest BCUT2D eigenvalue weighted by molar-refractivity contribution is 0.0697. The summed E-state index contributed by atoms with van der Waals surface area (Å²) < 4.78 is 0.808. The van der Waals surface area contributed by atoms with Crippen molar-refractivity contribution in [2.75, 3.05) is 5.73 Å². The number of anilines is 1. The molecule has 0 aliphatic heterocycles. The van der Waals surface area contributed by atoms with Gasteiger partial charge in [-0.1, -0.05) is 0 Å². The highest BCUT2D eigenvalue weighted by Gasteiger charge is 2.10. The number of halogens is 1. The molecule has 0 amide bonds. The summed E-state index contributed by atoms with van der Waals surface area (Å²) in [5, 5.41) is 9.60. The highest BCUT2D eigenvalue weighted by molar-refractivity contribution is 9.10. The molecule has 72 valence electrons. The van der Waals surface area contributed by atoms with Gasteiger partial charge in [-0.3, -0.25) is 0 Å². The number of hydrogen-bond acceptors (Lipinski definition) is 2. The number of H-pyrrole nitrogens is 1. The van der Waals surface area contributed by atoms with Crippen molar-refractivity contribution in [3.05, 3.63) is 28.4 Å². The van der Waals surface area contributed by atoms with E-state index >= 15 is 0 Å². The van der Waals surface area contributed by atoms with Crippen molar-refractivity contribution in [3.63, 3.8) is 0 Å². The third kappa shape index (κ3) is 1.26. The topological polar surface area (TPSA) is 79.1 Å². The van der Waals surface area contributed by atoms with Crippen LogP contribution in [0.25, 0.3) is 10.9 Å². The molecular formula is C9H7BrN2O2. The minimum atomic E-state index is -0.980. The quantitative estimate of drug-likeness (QED) is 0.683. The molecule has 2 aromatic rings. The first-order valence-electron chi connectivity index (χ1n) is 3.89. The number of carboxylic acid groups (broad SMARTS) is 1. The Kier molecular flexibility index (Phi) is 1.96. The Balaban J connectivity index is 2.82. The molecule has 1 aromatic carbocycles. The van der Waals surface area contributed by atoms with Gasteiger partial charge in [-0.15, -0.1) is 0 Å². The van der Waals surface area contributed by atoms with Crippen molar-refractivity contribution >= 4 is 38.5 Å². The van der Waals surface area contributed by atoms with E-state index in [9.17, 15) is 4.79 Å². The van der Waals surface area contributed by atoms with Gasteiger partial charge in [-0.05, 0) is 28.1 Å². The Hall–Kier alpha value is -1.49. The molecule has 1 heterocycles. The molecule has 0 saturated carbocycles. The van der Waals surface area contributed by atoms with E-state index in [2.05, 4.69) is 20.9 Å². The molecule has 0 saturated heterocycles. The highest BCUT2D eigenvalue weighted by atomic mass is 79.9. The van der Waals surface area contributed by atoms with E-state index in [1.165, 1.54) is 6.07 Å². The normalized spacial score (nSPS) is 10.6. The fourth-order valence-corrected chi connectivity index (χ4v) is 1.78. The lowest BCUT2D eigenvalue weighted by Crippen LogP contribution is -1.98. The molecule has 0 bridgehead atoms. The van der Waals surface area contributed by atoms with Crippen LogP contribution < -0.4 is 5.73 Å². The van der Waals surface area contributed by atoms with Gasteiger partial charge in [0.1, 0.15) is 0 Å². The van der Waals surface area contributed by atoms with E-state index in [1.807, 2.05) is 0 Å². The second-order valence-electron chi connectivity index (χ2n) is 2.93. The largest absolute Gasteiger partial charge is 0.478 e. The van der Waals surface area contributed by atoms with Gasteiger partial charge in [-0.2, -0.15) is 0 Å². The molecule has 0 aliphatic carbocycles. The summed E-state index contributed by atoms with van der Waals surface area (Å²) in [6, 6.07) is 3.02. The van der Waals surface area contributed by atoms with E-state index in [0.29, 0.717) is 5.69 Å². The molecule has 0 radical (unpaired) electrons. The van der Waals surface area contributed by atoms with Crippen LogP contribution in [0.4, 0.5) is 5.69 Å². The van der Waals surface area contributed by atoms with E-state index in [4.69, 9.17) is 10.8 Å². The van der Waals surface area contributed by atoms with E-state index in [1.54, 1.807) is 12.3 Å². The van der Waals surface area contributed by atoms with Gasteiger partial charge in [0.15, 0.2) is 0 Å². The van der Waals surface area contributed by atoms with E-state index in [-0.39, 0.29) is 5.56 Å². The summed E-state index contributed by atoms with van der Waals surface area (Å²) in [4.78, 5) is 13.7. The molecule has 0 fully saturated rings. The maximum absolute atomic E-state index is 10.7. The number of nitrogen functional groups attached to an aromatic ring is 1. The van der Waals surface area contributed by atoms with Crippen molar-refractivity contribution < 1.29 is 9.90 Å². The molecule has 5 heteroatoms. The average Bonchev–Trinajstić information content (AvgIpc) is 2.48. The van der Waals surface area contributed by atoms with Gasteiger partial charge >= 0.3 is 5.97 Å². The van der Waals surface area contributed by atoms with Crippen molar-refractivity contribution in [1.82, 2.24) is 4.98 Å². The van der Waals surface area contributed by atoms with Gasteiger partial charge < -0.3 is 15.8 Å². The molecule has 0 aliphatic rings. The second kappa shape index (κ2) is 3.02. The van der Waals surface area contributed by atoms with Crippen LogP contribution in [-0.4, -0.2) is 16.1 Å². The molecule has 0 unspecified atom stereocenters. The van der Waals surface area contributed by atoms with Crippen LogP contribution in [0, 0.1) is 0 Å². The van der Waals surface area contributed by atoms with Crippen molar-refractivity contribution in [2.45, 2.75) is 0 Å². The number of carboxylic acids is 1. The molecular weight excluding hydrogens is 248 g/mol. The maximum atomic E-state index is 10.7. The van der Waals surface area contributed by atoms with Gasteiger partial charge in [0, 0.05) is 16.1 Å². The maximum Gasteiger partial charge on any atom is 0.335 e. The first kappa shape index (κ1) is 9.08. The smallest absolute Gasteiger partial charge is 0.335 e. The number of nitrogens with two attached hydrogens (primary N) is 1. The number of fused-ring (bicyclic) bond motifs is 1.